The van der Waals surface area contributed by atoms with Crippen LogP contribution in [0.5, 0.6) is 0 Å². The number of benzene rings is 1. The fraction of sp³-hybridized carbons (Fsp3) is 0.471. The maximum atomic E-state index is 6.20. The lowest BCUT2D eigenvalue weighted by Gasteiger charge is -2.06. The summed E-state index contributed by atoms with van der Waals surface area (Å²) in [6, 6.07) is 10.8. The Morgan fingerprint density at radius 3 is 2.60 bits per heavy atom. The molecular weight excluding hydrogens is 246 g/mol. The molecule has 1 aromatic carbocycles. The Bertz CT molecular complexity index is 598. The van der Waals surface area contributed by atoms with Crippen LogP contribution < -0.4 is 5.73 Å². The Balaban J connectivity index is 1.87. The van der Waals surface area contributed by atoms with Crippen molar-refractivity contribution in [3.05, 3.63) is 47.2 Å². The van der Waals surface area contributed by atoms with E-state index in [0.717, 1.165) is 12.2 Å². The van der Waals surface area contributed by atoms with Gasteiger partial charge in [-0.05, 0) is 30.2 Å². The largest absolute Gasteiger partial charge is 0.384 e. The second kappa shape index (κ2) is 4.97. The average molecular weight is 269 g/mol. The topological polar surface area (TPSA) is 43.8 Å². The van der Waals surface area contributed by atoms with E-state index in [0.29, 0.717) is 17.8 Å². The second-order valence-corrected chi connectivity index (χ2v) is 6.33. The summed E-state index contributed by atoms with van der Waals surface area (Å²) in [5.74, 6) is 2.62. The van der Waals surface area contributed by atoms with Crippen molar-refractivity contribution < 1.29 is 0 Å². The van der Waals surface area contributed by atoms with Gasteiger partial charge in [-0.25, -0.2) is 0 Å². The van der Waals surface area contributed by atoms with Gasteiger partial charge >= 0.3 is 0 Å². The van der Waals surface area contributed by atoms with Gasteiger partial charge < -0.3 is 5.73 Å². The molecule has 1 aliphatic carbocycles. The molecule has 0 spiro atoms. The highest BCUT2D eigenvalue weighted by Crippen LogP contribution is 2.55. The molecular formula is C17H23N3. The van der Waals surface area contributed by atoms with Crippen LogP contribution in [-0.2, 0) is 13.5 Å². The first-order valence-corrected chi connectivity index (χ1v) is 7.44. The Hall–Kier alpha value is -1.77. The van der Waals surface area contributed by atoms with Crippen molar-refractivity contribution in [2.75, 3.05) is 5.73 Å². The number of rotatable bonds is 4. The summed E-state index contributed by atoms with van der Waals surface area (Å²) in [4.78, 5) is 0. The summed E-state index contributed by atoms with van der Waals surface area (Å²) >= 11 is 0. The first kappa shape index (κ1) is 13.2. The summed E-state index contributed by atoms with van der Waals surface area (Å²) in [6.07, 6.45) is 2.22. The van der Waals surface area contributed by atoms with Crippen molar-refractivity contribution >= 4 is 5.82 Å². The van der Waals surface area contributed by atoms with E-state index in [4.69, 9.17) is 10.8 Å². The molecule has 0 bridgehead atoms. The minimum atomic E-state index is 0.551. The third-order valence-electron chi connectivity index (χ3n) is 4.21. The Morgan fingerprint density at radius 1 is 1.25 bits per heavy atom. The molecule has 0 aliphatic heterocycles. The summed E-state index contributed by atoms with van der Waals surface area (Å²) < 4.78 is 1.84. The molecule has 2 atom stereocenters. The number of aromatic nitrogens is 2. The van der Waals surface area contributed by atoms with E-state index in [1.807, 2.05) is 11.7 Å². The Kier molecular flexibility index (Phi) is 3.28. The van der Waals surface area contributed by atoms with Crippen LogP contribution in [0.4, 0.5) is 5.82 Å². The molecule has 0 saturated heterocycles. The van der Waals surface area contributed by atoms with Crippen molar-refractivity contribution in [3.8, 4) is 0 Å². The van der Waals surface area contributed by atoms with E-state index >= 15 is 0 Å². The molecule has 0 radical (unpaired) electrons. The van der Waals surface area contributed by atoms with Crippen LogP contribution in [0, 0.1) is 5.92 Å². The molecule has 3 rings (SSSR count). The van der Waals surface area contributed by atoms with Gasteiger partial charge in [0.25, 0.3) is 0 Å². The molecule has 2 aromatic rings. The predicted molar refractivity (Wildman–Crippen MR) is 82.7 cm³/mol. The fourth-order valence-corrected chi connectivity index (χ4v) is 3.08. The number of hydrogen-bond acceptors (Lipinski definition) is 2. The monoisotopic (exact) mass is 269 g/mol. The zero-order valence-corrected chi connectivity index (χ0v) is 12.5. The standard InChI is InChI=1S/C17H23N3/c1-11(2)9-15-16(19-20(3)17(15)18)14-10-13(14)12-7-5-4-6-8-12/h4-8,11,13-14H,9-10,18H2,1-3H3. The summed E-state index contributed by atoms with van der Waals surface area (Å²) in [6.45, 7) is 4.47. The maximum Gasteiger partial charge on any atom is 0.124 e. The fourth-order valence-electron chi connectivity index (χ4n) is 3.08. The Morgan fingerprint density at radius 2 is 1.95 bits per heavy atom. The molecule has 106 valence electrons. The van der Waals surface area contributed by atoms with E-state index in [9.17, 15) is 0 Å². The molecule has 1 aliphatic rings. The van der Waals surface area contributed by atoms with Crippen LogP contribution in [0.25, 0.3) is 0 Å². The SMILES string of the molecule is CC(C)Cc1c(C2CC2c2ccccc2)nn(C)c1N. The Labute approximate surface area is 120 Å². The quantitative estimate of drug-likeness (QED) is 0.923. The van der Waals surface area contributed by atoms with Gasteiger partial charge in [0.1, 0.15) is 5.82 Å². The molecule has 0 amide bonds. The normalized spacial score (nSPS) is 21.4. The van der Waals surface area contributed by atoms with Crippen molar-refractivity contribution in [2.24, 2.45) is 13.0 Å². The number of aryl methyl sites for hydroxylation is 1. The molecule has 2 unspecified atom stereocenters. The van der Waals surface area contributed by atoms with Crippen molar-refractivity contribution in [2.45, 2.75) is 38.5 Å². The molecule has 20 heavy (non-hydrogen) atoms. The maximum absolute atomic E-state index is 6.20. The number of anilines is 1. The van der Waals surface area contributed by atoms with Crippen LogP contribution in [0.15, 0.2) is 30.3 Å². The third kappa shape index (κ3) is 2.33. The van der Waals surface area contributed by atoms with Gasteiger partial charge in [0.15, 0.2) is 0 Å². The summed E-state index contributed by atoms with van der Waals surface area (Å²) in [5.41, 5.74) is 10.1. The van der Waals surface area contributed by atoms with Crippen LogP contribution >= 0.6 is 0 Å². The first-order chi connectivity index (χ1) is 9.58. The lowest BCUT2D eigenvalue weighted by atomic mass is 9.99. The van der Waals surface area contributed by atoms with E-state index < -0.39 is 0 Å². The van der Waals surface area contributed by atoms with Gasteiger partial charge in [-0.1, -0.05) is 44.2 Å². The lowest BCUT2D eigenvalue weighted by Crippen LogP contribution is -2.02. The second-order valence-electron chi connectivity index (χ2n) is 6.33. The predicted octanol–water partition coefficient (Wildman–Crippen LogP) is 3.47. The van der Waals surface area contributed by atoms with Gasteiger partial charge in [0.05, 0.1) is 5.69 Å². The van der Waals surface area contributed by atoms with Crippen LogP contribution in [-0.4, -0.2) is 9.78 Å². The highest BCUT2D eigenvalue weighted by molar-refractivity contribution is 5.48. The third-order valence-corrected chi connectivity index (χ3v) is 4.21. The van der Waals surface area contributed by atoms with Crippen LogP contribution in [0.1, 0.15) is 48.9 Å². The zero-order valence-electron chi connectivity index (χ0n) is 12.5. The van der Waals surface area contributed by atoms with E-state index in [1.54, 1.807) is 0 Å². The van der Waals surface area contributed by atoms with Crippen LogP contribution in [0.3, 0.4) is 0 Å². The smallest absolute Gasteiger partial charge is 0.124 e. The molecule has 1 heterocycles. The summed E-state index contributed by atoms with van der Waals surface area (Å²) in [5, 5.41) is 4.69. The van der Waals surface area contributed by atoms with E-state index in [2.05, 4.69) is 44.2 Å². The van der Waals surface area contributed by atoms with Crippen LogP contribution in [0.2, 0.25) is 0 Å². The van der Waals surface area contributed by atoms with Crippen molar-refractivity contribution in [3.63, 3.8) is 0 Å². The van der Waals surface area contributed by atoms with E-state index in [-0.39, 0.29) is 0 Å². The molecule has 3 nitrogen and oxygen atoms in total. The van der Waals surface area contributed by atoms with Gasteiger partial charge in [-0.2, -0.15) is 5.10 Å². The highest BCUT2D eigenvalue weighted by atomic mass is 15.3. The van der Waals surface area contributed by atoms with Gasteiger partial charge in [0, 0.05) is 18.5 Å². The molecule has 3 heteroatoms. The molecule has 1 fully saturated rings. The number of nitrogens with two attached hydrogens (primary N) is 1. The minimum absolute atomic E-state index is 0.551. The minimum Gasteiger partial charge on any atom is -0.384 e. The van der Waals surface area contributed by atoms with Crippen molar-refractivity contribution in [1.29, 1.82) is 0 Å². The lowest BCUT2D eigenvalue weighted by molar-refractivity contribution is 0.643. The summed E-state index contributed by atoms with van der Waals surface area (Å²) in [7, 11) is 1.95. The molecule has 1 saturated carbocycles. The molecule has 2 N–H and O–H groups in total. The number of nitrogens with zero attached hydrogens (tertiary/aromatic N) is 2. The zero-order chi connectivity index (χ0) is 14.3. The van der Waals surface area contributed by atoms with Gasteiger partial charge in [-0.3, -0.25) is 4.68 Å². The van der Waals surface area contributed by atoms with Crippen molar-refractivity contribution in [1.82, 2.24) is 9.78 Å². The highest BCUT2D eigenvalue weighted by Gasteiger charge is 2.43. The molecule has 1 aromatic heterocycles. The number of hydrogen-bond donors (Lipinski definition) is 1. The first-order valence-electron chi connectivity index (χ1n) is 7.44. The average Bonchev–Trinajstić information content (AvgIpc) is 3.17. The van der Waals surface area contributed by atoms with Gasteiger partial charge in [0.2, 0.25) is 0 Å². The van der Waals surface area contributed by atoms with Gasteiger partial charge in [-0.15, -0.1) is 0 Å². The number of nitrogen functional groups attached to an aromatic ring is 1. The van der Waals surface area contributed by atoms with E-state index in [1.165, 1.54) is 23.2 Å².